The molecule has 0 aliphatic heterocycles. The molecule has 3 N–H and O–H groups in total. The number of nitrogens with one attached hydrogen (secondary N) is 1. The summed E-state index contributed by atoms with van der Waals surface area (Å²) >= 11 is 0. The number of aryl methyl sites for hydroxylation is 2. The molecule has 0 radical (unpaired) electrons. The molecule has 0 fully saturated rings. The number of primary amides is 1. The van der Waals surface area contributed by atoms with E-state index in [0.29, 0.717) is 13.0 Å². The lowest BCUT2D eigenvalue weighted by molar-refractivity contribution is -0.117. The first kappa shape index (κ1) is 10.8. The molecule has 0 aliphatic rings. The third-order valence-electron chi connectivity index (χ3n) is 2.01. The highest BCUT2D eigenvalue weighted by atomic mass is 16.3. The van der Waals surface area contributed by atoms with Gasteiger partial charge in [-0.15, -0.1) is 0 Å². The van der Waals surface area contributed by atoms with Crippen molar-refractivity contribution in [2.75, 3.05) is 6.54 Å². The Morgan fingerprint density at radius 1 is 1.57 bits per heavy atom. The van der Waals surface area contributed by atoms with E-state index in [0.717, 1.165) is 23.6 Å². The van der Waals surface area contributed by atoms with Gasteiger partial charge in [0, 0.05) is 25.1 Å². The van der Waals surface area contributed by atoms with Gasteiger partial charge in [0.25, 0.3) is 0 Å². The number of amides is 1. The summed E-state index contributed by atoms with van der Waals surface area (Å²) in [4.78, 5) is 10.4. The fraction of sp³-hybridized carbons (Fsp3) is 0.500. The third kappa shape index (κ3) is 3.22. The summed E-state index contributed by atoms with van der Waals surface area (Å²) in [5.74, 6) is 1.56. The first-order valence-corrected chi connectivity index (χ1v) is 4.64. The summed E-state index contributed by atoms with van der Waals surface area (Å²) in [6.45, 7) is 5.17. The number of rotatable bonds is 5. The minimum Gasteiger partial charge on any atom is -0.466 e. The topological polar surface area (TPSA) is 68.3 Å². The molecule has 0 bridgehead atoms. The molecule has 0 aromatic carbocycles. The molecular formula is C10H16N2O2. The fourth-order valence-electron chi connectivity index (χ4n) is 1.29. The average Bonchev–Trinajstić information content (AvgIpc) is 2.39. The van der Waals surface area contributed by atoms with Crippen LogP contribution in [0, 0.1) is 13.8 Å². The van der Waals surface area contributed by atoms with Crippen LogP contribution in [0.15, 0.2) is 10.5 Å². The van der Waals surface area contributed by atoms with Crippen LogP contribution in [0.4, 0.5) is 0 Å². The Labute approximate surface area is 83.5 Å². The Morgan fingerprint density at radius 3 is 2.79 bits per heavy atom. The van der Waals surface area contributed by atoms with E-state index in [4.69, 9.17) is 10.2 Å². The van der Waals surface area contributed by atoms with Crippen LogP contribution < -0.4 is 11.1 Å². The minimum atomic E-state index is -0.280. The summed E-state index contributed by atoms with van der Waals surface area (Å²) in [6.07, 6.45) is 0.371. The highest BCUT2D eigenvalue weighted by molar-refractivity contribution is 5.73. The van der Waals surface area contributed by atoms with Crippen molar-refractivity contribution in [1.29, 1.82) is 0 Å². The predicted octanol–water partition coefficient (Wildman–Crippen LogP) is 0.861. The number of furan rings is 1. The van der Waals surface area contributed by atoms with Gasteiger partial charge in [0.2, 0.25) is 5.91 Å². The van der Waals surface area contributed by atoms with E-state index in [1.807, 2.05) is 19.9 Å². The monoisotopic (exact) mass is 196 g/mol. The summed E-state index contributed by atoms with van der Waals surface area (Å²) in [5, 5.41) is 3.13. The van der Waals surface area contributed by atoms with Crippen LogP contribution in [0.1, 0.15) is 23.5 Å². The van der Waals surface area contributed by atoms with Crippen molar-refractivity contribution in [2.24, 2.45) is 5.73 Å². The van der Waals surface area contributed by atoms with Gasteiger partial charge in [0.15, 0.2) is 0 Å². The van der Waals surface area contributed by atoms with E-state index in [1.165, 1.54) is 0 Å². The Hall–Kier alpha value is -1.29. The van der Waals surface area contributed by atoms with Crippen LogP contribution in [-0.2, 0) is 11.3 Å². The summed E-state index contributed by atoms with van der Waals surface area (Å²) in [5.41, 5.74) is 6.14. The van der Waals surface area contributed by atoms with E-state index in [9.17, 15) is 4.79 Å². The van der Waals surface area contributed by atoms with Crippen LogP contribution in [0.5, 0.6) is 0 Å². The van der Waals surface area contributed by atoms with Crippen LogP contribution in [-0.4, -0.2) is 12.5 Å². The second-order valence-corrected chi connectivity index (χ2v) is 3.33. The number of nitrogens with two attached hydrogens (primary N) is 1. The van der Waals surface area contributed by atoms with Crippen LogP contribution in [0.2, 0.25) is 0 Å². The maximum atomic E-state index is 10.4. The first-order valence-electron chi connectivity index (χ1n) is 4.64. The highest BCUT2D eigenvalue weighted by Crippen LogP contribution is 2.12. The van der Waals surface area contributed by atoms with E-state index >= 15 is 0 Å². The van der Waals surface area contributed by atoms with Gasteiger partial charge >= 0.3 is 0 Å². The molecular weight excluding hydrogens is 180 g/mol. The molecule has 1 amide bonds. The van der Waals surface area contributed by atoms with Crippen LogP contribution in [0.3, 0.4) is 0 Å². The molecule has 78 valence electrons. The molecule has 1 rings (SSSR count). The lowest BCUT2D eigenvalue weighted by atomic mass is 10.2. The van der Waals surface area contributed by atoms with E-state index in [-0.39, 0.29) is 5.91 Å². The Bertz CT molecular complexity index is 318. The number of carbonyl (C=O) groups is 1. The van der Waals surface area contributed by atoms with Crippen molar-refractivity contribution in [3.63, 3.8) is 0 Å². The number of hydrogen-bond donors (Lipinski definition) is 2. The third-order valence-corrected chi connectivity index (χ3v) is 2.01. The van der Waals surface area contributed by atoms with Crippen molar-refractivity contribution >= 4 is 5.91 Å². The van der Waals surface area contributed by atoms with Crippen LogP contribution in [0.25, 0.3) is 0 Å². The molecule has 0 saturated heterocycles. The van der Waals surface area contributed by atoms with Crippen LogP contribution >= 0.6 is 0 Å². The van der Waals surface area contributed by atoms with E-state index in [2.05, 4.69) is 5.32 Å². The van der Waals surface area contributed by atoms with Gasteiger partial charge in [-0.1, -0.05) is 0 Å². The SMILES string of the molecule is Cc1cc(CNCCC(N)=O)c(C)o1. The molecule has 0 unspecified atom stereocenters. The first-order chi connectivity index (χ1) is 6.59. The van der Waals surface area contributed by atoms with Gasteiger partial charge in [0.1, 0.15) is 11.5 Å². The van der Waals surface area contributed by atoms with Crippen molar-refractivity contribution in [3.05, 3.63) is 23.2 Å². The normalized spacial score (nSPS) is 10.4. The molecule has 0 spiro atoms. The fourth-order valence-corrected chi connectivity index (χ4v) is 1.29. The zero-order valence-corrected chi connectivity index (χ0v) is 8.59. The standard InChI is InChI=1S/C10H16N2O2/c1-7-5-9(8(2)14-7)6-12-4-3-10(11)13/h5,12H,3-4,6H2,1-2H3,(H2,11,13). The van der Waals surface area contributed by atoms with E-state index < -0.39 is 0 Å². The van der Waals surface area contributed by atoms with Gasteiger partial charge in [-0.25, -0.2) is 0 Å². The summed E-state index contributed by atoms with van der Waals surface area (Å²) in [7, 11) is 0. The largest absolute Gasteiger partial charge is 0.466 e. The molecule has 4 nitrogen and oxygen atoms in total. The van der Waals surface area contributed by atoms with Gasteiger partial charge in [-0.2, -0.15) is 0 Å². The summed E-state index contributed by atoms with van der Waals surface area (Å²) in [6, 6.07) is 1.99. The molecule has 1 aromatic heterocycles. The molecule has 4 heteroatoms. The lowest BCUT2D eigenvalue weighted by Crippen LogP contribution is -2.21. The van der Waals surface area contributed by atoms with Crippen molar-refractivity contribution in [1.82, 2.24) is 5.32 Å². The quantitative estimate of drug-likeness (QED) is 0.686. The Morgan fingerprint density at radius 2 is 2.29 bits per heavy atom. The number of carbonyl (C=O) groups excluding carboxylic acids is 1. The second-order valence-electron chi connectivity index (χ2n) is 3.33. The molecule has 1 aromatic rings. The van der Waals surface area contributed by atoms with Crippen molar-refractivity contribution in [2.45, 2.75) is 26.8 Å². The number of hydrogen-bond acceptors (Lipinski definition) is 3. The predicted molar refractivity (Wildman–Crippen MR) is 53.7 cm³/mol. The van der Waals surface area contributed by atoms with Crippen molar-refractivity contribution < 1.29 is 9.21 Å². The van der Waals surface area contributed by atoms with E-state index in [1.54, 1.807) is 0 Å². The zero-order chi connectivity index (χ0) is 10.6. The Kier molecular flexibility index (Phi) is 3.71. The Balaban J connectivity index is 2.31. The second kappa shape index (κ2) is 4.81. The molecule has 0 aliphatic carbocycles. The molecule has 0 saturated carbocycles. The molecule has 14 heavy (non-hydrogen) atoms. The molecule has 0 atom stereocenters. The highest BCUT2D eigenvalue weighted by Gasteiger charge is 2.03. The van der Waals surface area contributed by atoms with Gasteiger partial charge in [0.05, 0.1) is 0 Å². The smallest absolute Gasteiger partial charge is 0.218 e. The minimum absolute atomic E-state index is 0.280. The maximum absolute atomic E-state index is 10.4. The zero-order valence-electron chi connectivity index (χ0n) is 8.59. The maximum Gasteiger partial charge on any atom is 0.218 e. The van der Waals surface area contributed by atoms with Gasteiger partial charge < -0.3 is 15.5 Å². The lowest BCUT2D eigenvalue weighted by Gasteiger charge is -2.01. The summed E-state index contributed by atoms with van der Waals surface area (Å²) < 4.78 is 5.36. The van der Waals surface area contributed by atoms with Gasteiger partial charge in [-0.3, -0.25) is 4.79 Å². The van der Waals surface area contributed by atoms with Crippen molar-refractivity contribution in [3.8, 4) is 0 Å². The average molecular weight is 196 g/mol. The molecule has 1 heterocycles. The van der Waals surface area contributed by atoms with Gasteiger partial charge in [-0.05, 0) is 19.9 Å².